The number of hydrazone groups is 1. The number of hydrazine groups is 1. The lowest BCUT2D eigenvalue weighted by molar-refractivity contribution is -0.115. The van der Waals surface area contributed by atoms with Gasteiger partial charge in [0, 0.05) is 5.56 Å². The molecule has 9 heteroatoms. The number of amides is 1. The largest absolute Gasteiger partial charge is 0.411 e. The molecule has 0 unspecified atom stereocenters. The van der Waals surface area contributed by atoms with Gasteiger partial charge in [-0.05, 0) is 42.9 Å². The summed E-state index contributed by atoms with van der Waals surface area (Å²) in [7, 11) is 0. The minimum Gasteiger partial charge on any atom is -0.411 e. The maximum absolute atomic E-state index is 12.2. The van der Waals surface area contributed by atoms with Crippen molar-refractivity contribution < 1.29 is 10.0 Å². The quantitative estimate of drug-likeness (QED) is 0.103. The molecule has 1 fully saturated rings. The van der Waals surface area contributed by atoms with E-state index in [9.17, 15) is 10.0 Å². The Morgan fingerprint density at radius 2 is 1.86 bits per heavy atom. The van der Waals surface area contributed by atoms with Crippen LogP contribution in [0.4, 0.5) is 0 Å². The Morgan fingerprint density at radius 3 is 2.46 bits per heavy atom. The number of carbonyl (C=O) groups excluding carboxylic acids is 1. The van der Waals surface area contributed by atoms with Crippen molar-refractivity contribution in [3.63, 3.8) is 0 Å². The van der Waals surface area contributed by atoms with Crippen molar-refractivity contribution >= 4 is 23.8 Å². The molecule has 0 bridgehead atoms. The van der Waals surface area contributed by atoms with Gasteiger partial charge in [-0.15, -0.1) is 5.10 Å². The maximum atomic E-state index is 12.2. The molecule has 1 amide bonds. The number of oxime groups is 1. The first-order valence-corrected chi connectivity index (χ1v) is 11.9. The van der Waals surface area contributed by atoms with E-state index in [2.05, 4.69) is 22.7 Å². The highest BCUT2D eigenvalue weighted by molar-refractivity contribution is 6.42. The fraction of sp³-hybridized carbons (Fsp3) is 0.385. The third kappa shape index (κ3) is 6.45. The van der Waals surface area contributed by atoms with Gasteiger partial charge < -0.3 is 10.9 Å². The summed E-state index contributed by atoms with van der Waals surface area (Å²) in [6.45, 7) is 4.41. The molecule has 1 aliphatic rings. The number of nitrogens with one attached hydrogen (secondary N) is 1. The van der Waals surface area contributed by atoms with Crippen LogP contribution in [0.25, 0.3) is 11.1 Å². The van der Waals surface area contributed by atoms with Crippen molar-refractivity contribution in [2.45, 2.75) is 64.5 Å². The second-order valence-electron chi connectivity index (χ2n) is 9.04. The average molecular weight is 478 g/mol. The number of nitrogens with two attached hydrogens (primary N) is 2. The van der Waals surface area contributed by atoms with Gasteiger partial charge in [-0.3, -0.25) is 14.7 Å². The van der Waals surface area contributed by atoms with Gasteiger partial charge in [-0.25, -0.2) is 11.4 Å². The number of aliphatic imine (C=N–C) groups is 1. The fourth-order valence-corrected chi connectivity index (χ4v) is 4.48. The number of nitrogens with zero attached hydrogens (tertiary/aromatic N) is 4. The third-order valence-corrected chi connectivity index (χ3v) is 6.33. The summed E-state index contributed by atoms with van der Waals surface area (Å²) >= 11 is 0. The fourth-order valence-electron chi connectivity index (χ4n) is 4.48. The molecule has 0 radical (unpaired) electrons. The SMILES string of the molecule is CCC/C(=N\O)C(=NC1(C)CCCC1)N(C=O)Cc1ccc(-c2ccccc2/C(N)=N/NN)cc1. The number of rotatable bonds is 10. The Morgan fingerprint density at radius 1 is 1.17 bits per heavy atom. The summed E-state index contributed by atoms with van der Waals surface area (Å²) in [4.78, 5) is 18.7. The Kier molecular flexibility index (Phi) is 8.97. The van der Waals surface area contributed by atoms with E-state index in [1.807, 2.05) is 55.5 Å². The van der Waals surface area contributed by atoms with Crippen molar-refractivity contribution in [2.24, 2.45) is 26.8 Å². The summed E-state index contributed by atoms with van der Waals surface area (Å²) in [5.41, 5.74) is 12.0. The summed E-state index contributed by atoms with van der Waals surface area (Å²) < 4.78 is 0. The van der Waals surface area contributed by atoms with Crippen LogP contribution in [0.3, 0.4) is 0 Å². The van der Waals surface area contributed by atoms with Gasteiger partial charge in [0.15, 0.2) is 11.7 Å². The van der Waals surface area contributed by atoms with Crippen LogP contribution < -0.4 is 17.1 Å². The minimum atomic E-state index is -0.256. The molecular weight excluding hydrogens is 442 g/mol. The summed E-state index contributed by atoms with van der Waals surface area (Å²) in [5, 5.41) is 17.1. The van der Waals surface area contributed by atoms with Gasteiger partial charge in [0.2, 0.25) is 6.41 Å². The van der Waals surface area contributed by atoms with E-state index in [-0.39, 0.29) is 11.4 Å². The van der Waals surface area contributed by atoms with E-state index >= 15 is 0 Å². The molecule has 0 saturated heterocycles. The van der Waals surface area contributed by atoms with Crippen LogP contribution >= 0.6 is 0 Å². The second-order valence-corrected chi connectivity index (χ2v) is 9.04. The van der Waals surface area contributed by atoms with E-state index < -0.39 is 0 Å². The topological polar surface area (TPSA) is 142 Å². The van der Waals surface area contributed by atoms with Gasteiger partial charge >= 0.3 is 0 Å². The van der Waals surface area contributed by atoms with Gasteiger partial charge in [-0.1, -0.05) is 79.9 Å². The zero-order valence-electron chi connectivity index (χ0n) is 20.4. The van der Waals surface area contributed by atoms with E-state index in [0.717, 1.165) is 60.8 Å². The van der Waals surface area contributed by atoms with Crippen molar-refractivity contribution in [1.82, 2.24) is 10.4 Å². The van der Waals surface area contributed by atoms with Crippen LogP contribution in [-0.2, 0) is 11.3 Å². The molecule has 35 heavy (non-hydrogen) atoms. The van der Waals surface area contributed by atoms with Crippen LogP contribution in [0, 0.1) is 0 Å². The normalized spacial score (nSPS) is 16.3. The maximum Gasteiger partial charge on any atom is 0.215 e. The lowest BCUT2D eigenvalue weighted by Gasteiger charge is -2.26. The van der Waals surface area contributed by atoms with E-state index in [0.29, 0.717) is 24.5 Å². The first-order valence-electron chi connectivity index (χ1n) is 11.9. The molecule has 6 N–H and O–H groups in total. The second kappa shape index (κ2) is 12.1. The molecule has 3 rings (SSSR count). The third-order valence-electron chi connectivity index (χ3n) is 6.33. The van der Waals surface area contributed by atoms with Crippen LogP contribution in [-0.4, -0.2) is 39.4 Å². The molecule has 0 aromatic heterocycles. The van der Waals surface area contributed by atoms with Crippen molar-refractivity contribution in [2.75, 3.05) is 0 Å². The molecule has 2 aromatic carbocycles. The summed E-state index contributed by atoms with van der Waals surface area (Å²) in [6.07, 6.45) is 6.19. The predicted octanol–water partition coefficient (Wildman–Crippen LogP) is 3.76. The zero-order valence-corrected chi connectivity index (χ0v) is 20.4. The van der Waals surface area contributed by atoms with Crippen molar-refractivity contribution in [3.8, 4) is 11.1 Å². The molecule has 0 aliphatic heterocycles. The first kappa shape index (κ1) is 25.9. The van der Waals surface area contributed by atoms with Crippen LogP contribution in [0.15, 0.2) is 63.8 Å². The molecule has 0 spiro atoms. The standard InChI is InChI=1S/C26H35N7O2/c1-3-8-23(31-35)25(29-26(2)15-6-7-16-26)33(18-34)17-19-11-13-20(14-12-19)21-9-4-5-10-22(21)24(27)30-32-28/h4-5,9-14,18,32,35H,3,6-8,15-17,28H2,1-2H3,(H2,27,30)/b29-25?,31-23+. The van der Waals surface area contributed by atoms with Gasteiger partial charge in [0.05, 0.1) is 12.1 Å². The number of carbonyl (C=O) groups is 1. The van der Waals surface area contributed by atoms with Crippen LogP contribution in [0.2, 0.25) is 0 Å². The molecule has 1 saturated carbocycles. The minimum absolute atomic E-state index is 0.256. The smallest absolute Gasteiger partial charge is 0.215 e. The number of amidine groups is 2. The average Bonchev–Trinajstić information content (AvgIpc) is 3.31. The lowest BCUT2D eigenvalue weighted by Crippen LogP contribution is -2.38. The number of benzene rings is 2. The van der Waals surface area contributed by atoms with Crippen molar-refractivity contribution in [1.29, 1.82) is 0 Å². The van der Waals surface area contributed by atoms with Gasteiger partial charge in [0.25, 0.3) is 0 Å². The van der Waals surface area contributed by atoms with Crippen LogP contribution in [0.1, 0.15) is 63.5 Å². The number of hydrogen-bond acceptors (Lipinski definition) is 7. The Labute approximate surface area is 206 Å². The highest BCUT2D eigenvalue weighted by Gasteiger charge is 2.31. The predicted molar refractivity (Wildman–Crippen MR) is 140 cm³/mol. The monoisotopic (exact) mass is 477 g/mol. The van der Waals surface area contributed by atoms with Gasteiger partial charge in [-0.2, -0.15) is 0 Å². The summed E-state index contributed by atoms with van der Waals surface area (Å²) in [6, 6.07) is 15.5. The molecule has 9 nitrogen and oxygen atoms in total. The first-order chi connectivity index (χ1) is 16.9. The number of hydrogen-bond donors (Lipinski definition) is 4. The lowest BCUT2D eigenvalue weighted by atomic mass is 9.98. The van der Waals surface area contributed by atoms with Crippen LogP contribution in [0.5, 0.6) is 0 Å². The molecule has 0 heterocycles. The Balaban J connectivity index is 1.90. The molecule has 186 valence electrons. The zero-order chi connectivity index (χ0) is 25.3. The Bertz CT molecular complexity index is 1090. The highest BCUT2D eigenvalue weighted by Crippen LogP contribution is 2.33. The molecule has 2 aromatic rings. The molecular formula is C26H35N7O2. The van der Waals surface area contributed by atoms with E-state index in [1.54, 1.807) is 0 Å². The van der Waals surface area contributed by atoms with Crippen molar-refractivity contribution in [3.05, 3.63) is 59.7 Å². The highest BCUT2D eigenvalue weighted by atomic mass is 16.4. The van der Waals surface area contributed by atoms with E-state index in [4.69, 9.17) is 16.6 Å². The summed E-state index contributed by atoms with van der Waals surface area (Å²) in [5.74, 6) is 6.01. The molecule has 0 atom stereocenters. The van der Waals surface area contributed by atoms with Gasteiger partial charge in [0.1, 0.15) is 5.71 Å². The van der Waals surface area contributed by atoms with E-state index in [1.165, 1.54) is 4.90 Å². The molecule has 1 aliphatic carbocycles. The Hall–Kier alpha value is -3.72.